The highest BCUT2D eigenvalue weighted by atomic mass is 32.2. The highest BCUT2D eigenvalue weighted by molar-refractivity contribution is 7.98. The Morgan fingerprint density at radius 2 is 1.95 bits per heavy atom. The van der Waals surface area contributed by atoms with Crippen LogP contribution >= 0.6 is 11.8 Å². The summed E-state index contributed by atoms with van der Waals surface area (Å²) in [6.07, 6.45) is 0. The topological polar surface area (TPSA) is 68.9 Å². The van der Waals surface area contributed by atoms with Crippen LogP contribution in [0.1, 0.15) is 16.1 Å². The lowest BCUT2D eigenvalue weighted by Gasteiger charge is -2.08. The Labute approximate surface area is 120 Å². The second kappa shape index (κ2) is 6.38. The number of ether oxygens (including phenoxy) is 2. The summed E-state index contributed by atoms with van der Waals surface area (Å²) in [7, 11) is 3.17. The minimum absolute atomic E-state index is 0.0557. The van der Waals surface area contributed by atoms with Crippen molar-refractivity contribution >= 4 is 17.7 Å². The first kappa shape index (κ1) is 14.3. The monoisotopic (exact) mass is 294 g/mol. The fourth-order valence-electron chi connectivity index (χ4n) is 1.64. The van der Waals surface area contributed by atoms with E-state index in [-0.39, 0.29) is 5.76 Å². The van der Waals surface area contributed by atoms with Crippen molar-refractivity contribution in [2.24, 2.45) is 0 Å². The summed E-state index contributed by atoms with van der Waals surface area (Å²) < 4.78 is 15.6. The van der Waals surface area contributed by atoms with Crippen LogP contribution in [-0.2, 0) is 5.75 Å². The fraction of sp³-hybridized carbons (Fsp3) is 0.214. The van der Waals surface area contributed by atoms with Gasteiger partial charge in [0, 0.05) is 5.75 Å². The van der Waals surface area contributed by atoms with Crippen molar-refractivity contribution in [2.75, 3.05) is 14.2 Å². The predicted molar refractivity (Wildman–Crippen MR) is 74.8 cm³/mol. The van der Waals surface area contributed by atoms with Crippen LogP contribution in [0, 0.1) is 0 Å². The van der Waals surface area contributed by atoms with E-state index in [9.17, 15) is 4.79 Å². The van der Waals surface area contributed by atoms with E-state index in [0.29, 0.717) is 22.3 Å². The molecule has 0 amide bonds. The molecule has 0 saturated heterocycles. The van der Waals surface area contributed by atoms with Crippen LogP contribution in [0.2, 0.25) is 0 Å². The number of carboxylic acids is 1. The van der Waals surface area contributed by atoms with Crippen LogP contribution in [0.5, 0.6) is 11.5 Å². The molecule has 2 aromatic rings. The molecule has 0 aliphatic heterocycles. The minimum atomic E-state index is -1.07. The van der Waals surface area contributed by atoms with Gasteiger partial charge in [0.25, 0.3) is 0 Å². The van der Waals surface area contributed by atoms with E-state index in [1.807, 2.05) is 18.2 Å². The molecule has 106 valence electrons. The van der Waals surface area contributed by atoms with Gasteiger partial charge in [-0.15, -0.1) is 0 Å². The Kier molecular flexibility index (Phi) is 4.57. The van der Waals surface area contributed by atoms with Crippen molar-refractivity contribution < 1.29 is 23.8 Å². The maximum atomic E-state index is 10.7. The molecule has 0 spiro atoms. The number of aromatic carboxylic acids is 1. The first-order valence-electron chi connectivity index (χ1n) is 5.81. The molecule has 1 heterocycles. The van der Waals surface area contributed by atoms with E-state index in [4.69, 9.17) is 19.0 Å². The van der Waals surface area contributed by atoms with E-state index in [0.717, 1.165) is 5.56 Å². The molecular formula is C14H14O5S. The Balaban J connectivity index is 2.04. The van der Waals surface area contributed by atoms with Crippen LogP contribution in [-0.4, -0.2) is 25.3 Å². The Morgan fingerprint density at radius 3 is 2.55 bits per heavy atom. The maximum absolute atomic E-state index is 10.7. The summed E-state index contributed by atoms with van der Waals surface area (Å²) in [5.41, 5.74) is 1.03. The SMILES string of the molecule is COc1ccc(CSc2ccc(C(=O)O)o2)cc1OC. The van der Waals surface area contributed by atoms with Crippen molar-refractivity contribution in [3.8, 4) is 11.5 Å². The van der Waals surface area contributed by atoms with Crippen molar-refractivity contribution in [3.05, 3.63) is 41.7 Å². The zero-order valence-electron chi connectivity index (χ0n) is 11.1. The molecule has 1 aromatic heterocycles. The van der Waals surface area contributed by atoms with Crippen LogP contribution < -0.4 is 9.47 Å². The summed E-state index contributed by atoms with van der Waals surface area (Å²) in [5.74, 6) is 0.860. The maximum Gasteiger partial charge on any atom is 0.371 e. The van der Waals surface area contributed by atoms with Crippen LogP contribution in [0.3, 0.4) is 0 Å². The second-order valence-corrected chi connectivity index (χ2v) is 4.88. The smallest absolute Gasteiger partial charge is 0.371 e. The van der Waals surface area contributed by atoms with Gasteiger partial charge in [-0.25, -0.2) is 4.79 Å². The number of hydrogen-bond donors (Lipinski definition) is 1. The van der Waals surface area contributed by atoms with E-state index in [1.54, 1.807) is 20.3 Å². The highest BCUT2D eigenvalue weighted by Gasteiger charge is 2.10. The standard InChI is InChI=1S/C14H14O5S/c1-17-10-4-3-9(7-12(10)18-2)8-20-13-6-5-11(19-13)14(15)16/h3-7H,8H2,1-2H3,(H,15,16). The molecule has 0 saturated carbocycles. The molecule has 1 aromatic carbocycles. The van der Waals surface area contributed by atoms with Crippen molar-refractivity contribution in [3.63, 3.8) is 0 Å². The van der Waals surface area contributed by atoms with E-state index in [1.165, 1.54) is 17.8 Å². The molecule has 6 heteroatoms. The molecule has 20 heavy (non-hydrogen) atoms. The number of methoxy groups -OCH3 is 2. The van der Waals surface area contributed by atoms with Crippen LogP contribution in [0.15, 0.2) is 39.8 Å². The zero-order chi connectivity index (χ0) is 14.5. The summed E-state index contributed by atoms with van der Waals surface area (Å²) >= 11 is 1.42. The first-order chi connectivity index (χ1) is 9.63. The molecule has 0 fully saturated rings. The average Bonchev–Trinajstić information content (AvgIpc) is 2.94. The van der Waals surface area contributed by atoms with E-state index < -0.39 is 5.97 Å². The van der Waals surface area contributed by atoms with Gasteiger partial charge in [0.1, 0.15) is 0 Å². The molecule has 0 aliphatic rings. The van der Waals surface area contributed by atoms with E-state index >= 15 is 0 Å². The average molecular weight is 294 g/mol. The molecular weight excluding hydrogens is 280 g/mol. The van der Waals surface area contributed by atoms with Crippen molar-refractivity contribution in [2.45, 2.75) is 10.8 Å². The summed E-state index contributed by atoms with van der Waals surface area (Å²) in [5, 5.41) is 9.34. The number of carbonyl (C=O) groups is 1. The number of thioether (sulfide) groups is 1. The second-order valence-electron chi connectivity index (χ2n) is 3.90. The lowest BCUT2D eigenvalue weighted by Crippen LogP contribution is -1.92. The van der Waals surface area contributed by atoms with Crippen molar-refractivity contribution in [1.29, 1.82) is 0 Å². The highest BCUT2D eigenvalue weighted by Crippen LogP contribution is 2.31. The molecule has 0 bridgehead atoms. The third kappa shape index (κ3) is 3.27. The fourth-order valence-corrected chi connectivity index (χ4v) is 2.44. The lowest BCUT2D eigenvalue weighted by atomic mass is 10.2. The van der Waals surface area contributed by atoms with E-state index in [2.05, 4.69) is 0 Å². The van der Waals surface area contributed by atoms with Gasteiger partial charge in [-0.3, -0.25) is 0 Å². The number of hydrogen-bond acceptors (Lipinski definition) is 5. The summed E-state index contributed by atoms with van der Waals surface area (Å²) in [6, 6.07) is 8.73. The third-order valence-corrected chi connectivity index (χ3v) is 3.60. The molecule has 5 nitrogen and oxygen atoms in total. The first-order valence-corrected chi connectivity index (χ1v) is 6.79. The Hall–Kier alpha value is -2.08. The van der Waals surface area contributed by atoms with Gasteiger partial charge in [0.05, 0.1) is 14.2 Å². The molecule has 0 radical (unpaired) electrons. The van der Waals surface area contributed by atoms with Gasteiger partial charge in [-0.05, 0) is 29.8 Å². The zero-order valence-corrected chi connectivity index (χ0v) is 11.9. The molecule has 2 rings (SSSR count). The lowest BCUT2D eigenvalue weighted by molar-refractivity contribution is 0.0656. The largest absolute Gasteiger partial charge is 0.493 e. The van der Waals surface area contributed by atoms with Crippen molar-refractivity contribution in [1.82, 2.24) is 0 Å². The van der Waals surface area contributed by atoms with Gasteiger partial charge < -0.3 is 19.0 Å². The predicted octanol–water partition coefficient (Wildman–Crippen LogP) is 3.29. The third-order valence-electron chi connectivity index (χ3n) is 2.62. The van der Waals surface area contributed by atoms with Crippen LogP contribution in [0.25, 0.3) is 0 Å². The van der Waals surface area contributed by atoms with Gasteiger partial charge in [0.2, 0.25) is 5.76 Å². The van der Waals surface area contributed by atoms with Crippen LogP contribution in [0.4, 0.5) is 0 Å². The van der Waals surface area contributed by atoms with Gasteiger partial charge >= 0.3 is 5.97 Å². The molecule has 0 unspecified atom stereocenters. The quantitative estimate of drug-likeness (QED) is 0.824. The normalized spacial score (nSPS) is 10.3. The number of benzene rings is 1. The summed E-state index contributed by atoms with van der Waals surface area (Å²) in [6.45, 7) is 0. The van der Waals surface area contributed by atoms with Gasteiger partial charge in [0.15, 0.2) is 16.6 Å². The Bertz CT molecular complexity index is 605. The van der Waals surface area contributed by atoms with Gasteiger partial charge in [-0.2, -0.15) is 0 Å². The molecule has 0 atom stereocenters. The number of furan rings is 1. The molecule has 0 aliphatic carbocycles. The molecule has 1 N–H and O–H groups in total. The minimum Gasteiger partial charge on any atom is -0.493 e. The van der Waals surface area contributed by atoms with Gasteiger partial charge in [-0.1, -0.05) is 17.8 Å². The Morgan fingerprint density at radius 1 is 1.20 bits per heavy atom. The number of carboxylic acid groups (broad SMARTS) is 1. The summed E-state index contributed by atoms with van der Waals surface area (Å²) in [4.78, 5) is 10.7. The number of rotatable bonds is 6.